The first kappa shape index (κ1) is 14.6. The molecule has 1 aromatic rings. The Morgan fingerprint density at radius 1 is 1.45 bits per heavy atom. The first-order valence-electron chi connectivity index (χ1n) is 8.30. The Labute approximate surface area is 135 Å². The van der Waals surface area contributed by atoms with Gasteiger partial charge in [-0.1, -0.05) is 0 Å². The van der Waals surface area contributed by atoms with Gasteiger partial charge in [0.25, 0.3) is 5.91 Å². The lowest BCUT2D eigenvalue weighted by molar-refractivity contribution is 0.0742. The monoisotopic (exact) mass is 321 g/mol. The number of likely N-dealkylation sites (tertiary alicyclic amines) is 1. The summed E-state index contributed by atoms with van der Waals surface area (Å²) in [6, 6.07) is 0. The van der Waals surface area contributed by atoms with Gasteiger partial charge in [-0.3, -0.25) is 4.79 Å². The molecule has 6 heteroatoms. The number of amides is 1. The van der Waals surface area contributed by atoms with Crippen LogP contribution >= 0.6 is 11.3 Å². The lowest BCUT2D eigenvalue weighted by atomic mass is 9.84. The Morgan fingerprint density at radius 2 is 2.36 bits per heavy atom. The van der Waals surface area contributed by atoms with Crippen LogP contribution in [0, 0.1) is 17.8 Å². The standard InChI is InChI=1S/C16H23N3O2S/c20-16(14-9-22-10-18-14)17-5-15-13-3-4-19(6-11-1-2-11)7-12(13)8-21-15/h9-13,15H,1-8H2,(H,17,20)/t12-,13-,15+/m0/s1. The van der Waals surface area contributed by atoms with E-state index in [1.807, 2.05) is 0 Å². The average molecular weight is 321 g/mol. The van der Waals surface area contributed by atoms with Gasteiger partial charge in [0.1, 0.15) is 5.69 Å². The van der Waals surface area contributed by atoms with Crippen LogP contribution in [0.25, 0.3) is 0 Å². The molecule has 1 saturated carbocycles. The number of aromatic nitrogens is 1. The Hall–Kier alpha value is -0.980. The van der Waals surface area contributed by atoms with Crippen molar-refractivity contribution in [2.24, 2.45) is 17.8 Å². The number of ether oxygens (including phenoxy) is 1. The van der Waals surface area contributed by atoms with Gasteiger partial charge in [-0.05, 0) is 37.6 Å². The number of nitrogens with one attached hydrogen (secondary N) is 1. The summed E-state index contributed by atoms with van der Waals surface area (Å²) in [7, 11) is 0. The van der Waals surface area contributed by atoms with Crippen LogP contribution < -0.4 is 5.32 Å². The molecule has 5 nitrogen and oxygen atoms in total. The zero-order valence-corrected chi connectivity index (χ0v) is 13.6. The third-order valence-electron chi connectivity index (χ3n) is 5.22. The number of nitrogens with zero attached hydrogens (tertiary/aromatic N) is 2. The number of fused-ring (bicyclic) bond motifs is 1. The van der Waals surface area contributed by atoms with Crippen molar-refractivity contribution >= 4 is 17.2 Å². The fourth-order valence-corrected chi connectivity index (χ4v) is 4.34. The normalized spacial score (nSPS) is 31.9. The first-order chi connectivity index (χ1) is 10.8. The molecule has 3 aliphatic rings. The number of hydrogen-bond acceptors (Lipinski definition) is 5. The molecule has 4 rings (SSSR count). The van der Waals surface area contributed by atoms with Crippen LogP contribution in [0.4, 0.5) is 0 Å². The fraction of sp³-hybridized carbons (Fsp3) is 0.750. The number of carbonyl (C=O) groups is 1. The fourth-order valence-electron chi connectivity index (χ4n) is 3.81. The average Bonchev–Trinajstić information content (AvgIpc) is 3.04. The highest BCUT2D eigenvalue weighted by molar-refractivity contribution is 7.07. The van der Waals surface area contributed by atoms with Crippen LogP contribution in [-0.4, -0.2) is 54.7 Å². The zero-order valence-electron chi connectivity index (χ0n) is 12.7. The van der Waals surface area contributed by atoms with Crippen molar-refractivity contribution in [3.8, 4) is 0 Å². The Kier molecular flexibility index (Phi) is 4.15. The number of thiazole rings is 1. The van der Waals surface area contributed by atoms with Gasteiger partial charge in [-0.15, -0.1) is 11.3 Å². The van der Waals surface area contributed by atoms with E-state index in [2.05, 4.69) is 15.2 Å². The number of piperidine rings is 1. The van der Waals surface area contributed by atoms with E-state index in [0.29, 0.717) is 24.1 Å². The molecule has 0 spiro atoms. The van der Waals surface area contributed by atoms with Gasteiger partial charge in [0.2, 0.25) is 0 Å². The maximum atomic E-state index is 12.0. The van der Waals surface area contributed by atoms with Crippen LogP contribution in [0.5, 0.6) is 0 Å². The highest BCUT2D eigenvalue weighted by atomic mass is 32.1. The second kappa shape index (κ2) is 6.26. The molecule has 2 saturated heterocycles. The maximum Gasteiger partial charge on any atom is 0.270 e. The van der Waals surface area contributed by atoms with E-state index in [-0.39, 0.29) is 12.0 Å². The van der Waals surface area contributed by atoms with E-state index >= 15 is 0 Å². The molecule has 1 aromatic heterocycles. The van der Waals surface area contributed by atoms with Crippen molar-refractivity contribution in [2.75, 3.05) is 32.8 Å². The molecule has 1 N–H and O–H groups in total. The van der Waals surface area contributed by atoms with E-state index in [9.17, 15) is 4.79 Å². The van der Waals surface area contributed by atoms with Gasteiger partial charge >= 0.3 is 0 Å². The molecule has 0 bridgehead atoms. The van der Waals surface area contributed by atoms with Crippen LogP contribution in [0.1, 0.15) is 29.8 Å². The van der Waals surface area contributed by atoms with Crippen molar-refractivity contribution in [1.82, 2.24) is 15.2 Å². The summed E-state index contributed by atoms with van der Waals surface area (Å²) in [5.74, 6) is 2.13. The first-order valence-corrected chi connectivity index (χ1v) is 9.24. The van der Waals surface area contributed by atoms with E-state index in [4.69, 9.17) is 4.74 Å². The second-order valence-corrected chi connectivity index (χ2v) is 7.59. The Balaban J connectivity index is 1.27. The van der Waals surface area contributed by atoms with Gasteiger partial charge in [-0.25, -0.2) is 4.98 Å². The maximum absolute atomic E-state index is 12.0. The molecular weight excluding hydrogens is 298 g/mol. The predicted molar refractivity (Wildman–Crippen MR) is 84.9 cm³/mol. The minimum absolute atomic E-state index is 0.0838. The summed E-state index contributed by atoms with van der Waals surface area (Å²) in [4.78, 5) is 18.6. The minimum atomic E-state index is -0.0838. The van der Waals surface area contributed by atoms with Crippen LogP contribution in [0.2, 0.25) is 0 Å². The number of hydrogen-bond donors (Lipinski definition) is 1. The molecule has 2 aliphatic heterocycles. The van der Waals surface area contributed by atoms with Crippen LogP contribution in [0.3, 0.4) is 0 Å². The van der Waals surface area contributed by atoms with Gasteiger partial charge in [0, 0.05) is 30.9 Å². The zero-order chi connectivity index (χ0) is 14.9. The highest BCUT2D eigenvalue weighted by Crippen LogP contribution is 2.36. The van der Waals surface area contributed by atoms with E-state index in [1.54, 1.807) is 10.9 Å². The topological polar surface area (TPSA) is 54.5 Å². The molecule has 1 amide bonds. The molecule has 0 aromatic carbocycles. The summed E-state index contributed by atoms with van der Waals surface area (Å²) in [5.41, 5.74) is 2.20. The molecule has 120 valence electrons. The molecule has 0 unspecified atom stereocenters. The molecule has 1 aliphatic carbocycles. The van der Waals surface area contributed by atoms with Crippen molar-refractivity contribution in [1.29, 1.82) is 0 Å². The molecule has 3 fully saturated rings. The van der Waals surface area contributed by atoms with Gasteiger partial charge < -0.3 is 15.0 Å². The lowest BCUT2D eigenvalue weighted by Gasteiger charge is -2.35. The molecule has 22 heavy (non-hydrogen) atoms. The van der Waals surface area contributed by atoms with Crippen LogP contribution in [-0.2, 0) is 4.74 Å². The molecule has 3 heterocycles. The third kappa shape index (κ3) is 3.19. The van der Waals surface area contributed by atoms with Crippen molar-refractivity contribution in [3.05, 3.63) is 16.6 Å². The van der Waals surface area contributed by atoms with Gasteiger partial charge in [0.05, 0.1) is 18.2 Å². The predicted octanol–water partition coefficient (Wildman–Crippen LogP) is 1.62. The summed E-state index contributed by atoms with van der Waals surface area (Å²) in [5, 5.41) is 4.76. The van der Waals surface area contributed by atoms with E-state index in [0.717, 1.165) is 12.5 Å². The quantitative estimate of drug-likeness (QED) is 0.895. The van der Waals surface area contributed by atoms with Crippen molar-refractivity contribution < 1.29 is 9.53 Å². The largest absolute Gasteiger partial charge is 0.376 e. The summed E-state index contributed by atoms with van der Waals surface area (Å²) in [6.07, 6.45) is 4.23. The SMILES string of the molecule is O=C(NC[C@H]1OC[C@@H]2CN(CC3CC3)CC[C@@H]21)c1cscn1. The number of carbonyl (C=O) groups excluding carboxylic acids is 1. The second-order valence-electron chi connectivity index (χ2n) is 6.87. The Bertz CT molecular complexity index is 517. The lowest BCUT2D eigenvalue weighted by Crippen LogP contribution is -2.44. The smallest absolute Gasteiger partial charge is 0.270 e. The summed E-state index contributed by atoms with van der Waals surface area (Å²) >= 11 is 1.45. The van der Waals surface area contributed by atoms with E-state index in [1.165, 1.54) is 50.2 Å². The number of rotatable bonds is 5. The van der Waals surface area contributed by atoms with Crippen molar-refractivity contribution in [2.45, 2.75) is 25.4 Å². The molecule has 3 atom stereocenters. The summed E-state index contributed by atoms with van der Waals surface area (Å²) in [6.45, 7) is 5.12. The van der Waals surface area contributed by atoms with Gasteiger partial charge in [0.15, 0.2) is 0 Å². The minimum Gasteiger partial charge on any atom is -0.376 e. The van der Waals surface area contributed by atoms with Crippen molar-refractivity contribution in [3.63, 3.8) is 0 Å². The summed E-state index contributed by atoms with van der Waals surface area (Å²) < 4.78 is 5.98. The van der Waals surface area contributed by atoms with Crippen LogP contribution in [0.15, 0.2) is 10.9 Å². The highest BCUT2D eigenvalue weighted by Gasteiger charge is 2.41. The van der Waals surface area contributed by atoms with E-state index < -0.39 is 0 Å². The molecular formula is C16H23N3O2S. The van der Waals surface area contributed by atoms with Gasteiger partial charge in [-0.2, -0.15) is 0 Å². The third-order valence-corrected chi connectivity index (χ3v) is 5.81. The molecule has 0 radical (unpaired) electrons. The Morgan fingerprint density at radius 3 is 3.14 bits per heavy atom.